The predicted octanol–water partition coefficient (Wildman–Crippen LogP) is 1.26. The zero-order chi connectivity index (χ0) is 8.55. The molecule has 0 aliphatic heterocycles. The molecule has 0 unspecified atom stereocenters. The van der Waals surface area contributed by atoms with Gasteiger partial charge in [0.25, 0.3) is 0 Å². The molecule has 1 heterocycles. The van der Waals surface area contributed by atoms with Gasteiger partial charge >= 0.3 is 0 Å². The van der Waals surface area contributed by atoms with E-state index < -0.39 is 0 Å². The van der Waals surface area contributed by atoms with E-state index >= 15 is 0 Å². The van der Waals surface area contributed by atoms with Crippen molar-refractivity contribution in [3.8, 4) is 0 Å². The van der Waals surface area contributed by atoms with E-state index in [1.165, 1.54) is 18.5 Å². The maximum Gasteiger partial charge on any atom is 0.0931 e. The molecule has 0 bridgehead atoms. The summed E-state index contributed by atoms with van der Waals surface area (Å²) in [6.45, 7) is 0. The van der Waals surface area contributed by atoms with Crippen LogP contribution >= 0.6 is 0 Å². The molecule has 1 aromatic carbocycles. The van der Waals surface area contributed by atoms with Crippen molar-refractivity contribution in [2.75, 3.05) is 5.23 Å². The number of fused-ring (bicyclic) bond motifs is 1. The Bertz CT molecular complexity index is 396. The molecule has 0 spiro atoms. The van der Waals surface area contributed by atoms with Crippen LogP contribution in [0.15, 0.2) is 24.5 Å². The highest BCUT2D eigenvalue weighted by atomic mass is 16.8. The quantitative estimate of drug-likeness (QED) is 0.622. The second kappa shape index (κ2) is 2.47. The van der Waals surface area contributed by atoms with Crippen LogP contribution in [0.25, 0.3) is 11.0 Å². The average molecular weight is 164 g/mol. The SMILES string of the molecule is [O-]N(O)c1ccc2nc[nH]c2c1. The maximum absolute atomic E-state index is 10.4. The van der Waals surface area contributed by atoms with Crippen molar-refractivity contribution >= 4 is 16.7 Å². The van der Waals surface area contributed by atoms with Crippen LogP contribution in [0.1, 0.15) is 0 Å². The molecular weight excluding hydrogens is 158 g/mol. The minimum Gasteiger partial charge on any atom is -0.733 e. The van der Waals surface area contributed by atoms with Gasteiger partial charge in [-0.2, -0.15) is 0 Å². The largest absolute Gasteiger partial charge is 0.733 e. The van der Waals surface area contributed by atoms with E-state index in [0.29, 0.717) is 0 Å². The van der Waals surface area contributed by atoms with E-state index in [1.807, 2.05) is 0 Å². The summed E-state index contributed by atoms with van der Waals surface area (Å²) < 4.78 is 0. The van der Waals surface area contributed by atoms with Gasteiger partial charge in [0.2, 0.25) is 0 Å². The Labute approximate surface area is 67.8 Å². The molecule has 0 aliphatic rings. The first kappa shape index (κ1) is 7.08. The van der Waals surface area contributed by atoms with E-state index in [-0.39, 0.29) is 10.9 Å². The molecule has 0 saturated carbocycles. The molecule has 0 amide bonds. The summed E-state index contributed by atoms with van der Waals surface area (Å²) in [6.07, 6.45) is 1.53. The second-order valence-electron chi connectivity index (χ2n) is 2.38. The Hall–Kier alpha value is -1.59. The van der Waals surface area contributed by atoms with Crippen molar-refractivity contribution in [2.24, 2.45) is 0 Å². The molecule has 0 radical (unpaired) electrons. The molecule has 5 heteroatoms. The highest BCUT2D eigenvalue weighted by molar-refractivity contribution is 5.78. The number of hydrogen-bond acceptors (Lipinski definition) is 4. The first-order chi connectivity index (χ1) is 5.77. The van der Waals surface area contributed by atoms with Crippen molar-refractivity contribution in [1.29, 1.82) is 0 Å². The molecule has 0 saturated heterocycles. The summed E-state index contributed by atoms with van der Waals surface area (Å²) in [5, 5.41) is 18.8. The van der Waals surface area contributed by atoms with Crippen molar-refractivity contribution in [3.63, 3.8) is 0 Å². The summed E-state index contributed by atoms with van der Waals surface area (Å²) in [6, 6.07) is 4.67. The normalized spacial score (nSPS) is 10.5. The lowest BCUT2D eigenvalue weighted by Crippen LogP contribution is -2.06. The van der Waals surface area contributed by atoms with E-state index in [9.17, 15) is 5.21 Å². The number of nitrogens with one attached hydrogen (secondary N) is 1. The van der Waals surface area contributed by atoms with E-state index in [4.69, 9.17) is 5.21 Å². The zero-order valence-corrected chi connectivity index (χ0v) is 6.06. The minimum atomic E-state index is -0.180. The number of benzene rings is 1. The monoisotopic (exact) mass is 164 g/mol. The summed E-state index contributed by atoms with van der Waals surface area (Å²) >= 11 is 0. The van der Waals surface area contributed by atoms with E-state index in [2.05, 4.69) is 9.97 Å². The van der Waals surface area contributed by atoms with Gasteiger partial charge in [-0.25, -0.2) is 4.98 Å². The first-order valence-corrected chi connectivity index (χ1v) is 3.36. The fourth-order valence-electron chi connectivity index (χ4n) is 1.04. The van der Waals surface area contributed by atoms with Gasteiger partial charge in [0.15, 0.2) is 0 Å². The molecule has 0 fully saturated rings. The third kappa shape index (κ3) is 1.01. The fraction of sp³-hybridized carbons (Fsp3) is 0. The maximum atomic E-state index is 10.4. The number of nitrogens with zero attached hydrogens (tertiary/aromatic N) is 2. The van der Waals surface area contributed by atoms with Crippen molar-refractivity contribution < 1.29 is 5.21 Å². The number of aromatic amines is 1. The second-order valence-corrected chi connectivity index (χ2v) is 2.38. The van der Waals surface area contributed by atoms with Crippen LogP contribution in [0.2, 0.25) is 0 Å². The average Bonchev–Trinajstić information content (AvgIpc) is 2.49. The summed E-state index contributed by atoms with van der Waals surface area (Å²) in [4.78, 5) is 6.79. The van der Waals surface area contributed by atoms with Crippen LogP contribution in [-0.4, -0.2) is 15.2 Å². The molecule has 62 valence electrons. The van der Waals surface area contributed by atoms with Gasteiger partial charge < -0.3 is 15.4 Å². The number of hydrogen-bond donors (Lipinski definition) is 2. The highest BCUT2D eigenvalue weighted by Gasteiger charge is 1.97. The lowest BCUT2D eigenvalue weighted by Gasteiger charge is -2.20. The number of aromatic nitrogens is 2. The Balaban J connectivity index is 2.60. The van der Waals surface area contributed by atoms with Crippen molar-refractivity contribution in [1.82, 2.24) is 9.97 Å². The van der Waals surface area contributed by atoms with Gasteiger partial charge in [0, 0.05) is 0 Å². The van der Waals surface area contributed by atoms with Crippen LogP contribution in [0.5, 0.6) is 0 Å². The van der Waals surface area contributed by atoms with Gasteiger partial charge in [-0.15, -0.1) is 0 Å². The third-order valence-electron chi connectivity index (χ3n) is 1.62. The topological polar surface area (TPSA) is 75.2 Å². The van der Waals surface area contributed by atoms with E-state index in [0.717, 1.165) is 11.0 Å². The van der Waals surface area contributed by atoms with Gasteiger partial charge in [-0.3, -0.25) is 5.21 Å². The molecule has 0 aliphatic carbocycles. The smallest absolute Gasteiger partial charge is 0.0931 e. The summed E-state index contributed by atoms with van der Waals surface area (Å²) in [5.74, 6) is 0. The van der Waals surface area contributed by atoms with Gasteiger partial charge in [0.1, 0.15) is 0 Å². The molecule has 1 aromatic heterocycles. The standard InChI is InChI=1S/C7H6N3O2/c11-10(12)5-1-2-6-7(3-5)9-4-8-6/h1-4,11H,(H,8,9)/q-1. The Morgan fingerprint density at radius 1 is 1.50 bits per heavy atom. The molecule has 12 heavy (non-hydrogen) atoms. The number of imidazole rings is 1. The molecule has 2 N–H and O–H groups in total. The Morgan fingerprint density at radius 2 is 2.33 bits per heavy atom. The lowest BCUT2D eigenvalue weighted by molar-refractivity contribution is 0.296. The third-order valence-corrected chi connectivity index (χ3v) is 1.62. The van der Waals surface area contributed by atoms with Crippen molar-refractivity contribution in [3.05, 3.63) is 29.7 Å². The van der Waals surface area contributed by atoms with E-state index in [1.54, 1.807) is 6.07 Å². The zero-order valence-electron chi connectivity index (χ0n) is 6.06. The summed E-state index contributed by atoms with van der Waals surface area (Å²) in [7, 11) is 0. The Morgan fingerprint density at radius 3 is 3.08 bits per heavy atom. The molecule has 2 rings (SSSR count). The highest BCUT2D eigenvalue weighted by Crippen LogP contribution is 2.17. The predicted molar refractivity (Wildman–Crippen MR) is 43.7 cm³/mol. The molecule has 5 nitrogen and oxygen atoms in total. The minimum absolute atomic E-state index is 0.180. The van der Waals surface area contributed by atoms with Gasteiger partial charge in [0.05, 0.1) is 23.0 Å². The Kier molecular flexibility index (Phi) is 1.46. The summed E-state index contributed by atoms with van der Waals surface area (Å²) in [5.41, 5.74) is 1.68. The molecule has 2 aromatic rings. The van der Waals surface area contributed by atoms with Crippen LogP contribution < -0.4 is 5.23 Å². The fourth-order valence-corrected chi connectivity index (χ4v) is 1.04. The van der Waals surface area contributed by atoms with Gasteiger partial charge in [-0.1, -0.05) is 0 Å². The van der Waals surface area contributed by atoms with Crippen LogP contribution in [0, 0.1) is 5.21 Å². The first-order valence-electron chi connectivity index (χ1n) is 3.36. The number of anilines is 1. The van der Waals surface area contributed by atoms with Crippen LogP contribution in [-0.2, 0) is 0 Å². The van der Waals surface area contributed by atoms with Crippen molar-refractivity contribution in [2.45, 2.75) is 0 Å². The van der Waals surface area contributed by atoms with Crippen LogP contribution in [0.3, 0.4) is 0 Å². The molecular formula is C7H6N3O2-. The van der Waals surface area contributed by atoms with Gasteiger partial charge in [-0.05, 0) is 18.2 Å². The number of rotatable bonds is 1. The lowest BCUT2D eigenvalue weighted by atomic mass is 10.3. The van der Waals surface area contributed by atoms with Crippen LogP contribution in [0.4, 0.5) is 5.69 Å². The molecule has 0 atom stereocenters. The number of H-pyrrole nitrogens is 1.